The van der Waals surface area contributed by atoms with Crippen LogP contribution in [0.2, 0.25) is 0 Å². The number of fused-ring (bicyclic) bond motifs is 12. The highest BCUT2D eigenvalue weighted by atomic mass is 15.1. The van der Waals surface area contributed by atoms with Gasteiger partial charge >= 0.3 is 0 Å². The number of aryl methyl sites for hydroxylation is 2. The maximum atomic E-state index is 12.3. The zero-order valence-corrected chi connectivity index (χ0v) is 34.1. The number of benzene rings is 9. The van der Waals surface area contributed by atoms with Crippen molar-refractivity contribution in [2.75, 3.05) is 0 Å². The summed E-state index contributed by atoms with van der Waals surface area (Å²) in [6.07, 6.45) is 0. The second-order valence-electron chi connectivity index (χ2n) is 16.6. The van der Waals surface area contributed by atoms with Crippen LogP contribution in [0.3, 0.4) is 0 Å². The van der Waals surface area contributed by atoms with Crippen molar-refractivity contribution in [1.29, 1.82) is 5.26 Å². The van der Waals surface area contributed by atoms with Crippen molar-refractivity contribution in [3.8, 4) is 28.8 Å². The van der Waals surface area contributed by atoms with Gasteiger partial charge in [-0.3, -0.25) is 0 Å². The molecule has 0 saturated heterocycles. The molecule has 0 bridgehead atoms. The van der Waals surface area contributed by atoms with Gasteiger partial charge in [0.1, 0.15) is 11.6 Å². The quantitative estimate of drug-likeness (QED) is 0.175. The van der Waals surface area contributed by atoms with Crippen molar-refractivity contribution in [3.63, 3.8) is 0 Å². The van der Waals surface area contributed by atoms with Crippen LogP contribution >= 0.6 is 0 Å². The topological polar surface area (TPSA) is 43.5 Å². The molecule has 0 saturated carbocycles. The van der Waals surface area contributed by atoms with Crippen LogP contribution in [0.5, 0.6) is 0 Å². The molecule has 0 aliphatic carbocycles. The lowest BCUT2D eigenvalue weighted by atomic mass is 10.0. The van der Waals surface area contributed by atoms with E-state index in [2.05, 4.69) is 226 Å². The largest absolute Gasteiger partial charge is 0.307 e. The Labute approximate surface area is 356 Å². The lowest BCUT2D eigenvalue weighted by molar-refractivity contribution is 1.03. The number of para-hydroxylation sites is 6. The zero-order valence-electron chi connectivity index (χ0n) is 34.1. The first-order valence-corrected chi connectivity index (χ1v) is 21.2. The molecule has 0 radical (unpaired) electrons. The Morgan fingerprint density at radius 3 is 0.903 bits per heavy atom. The van der Waals surface area contributed by atoms with Gasteiger partial charge in [-0.25, -0.2) is 0 Å². The Morgan fingerprint density at radius 1 is 0.306 bits per heavy atom. The normalized spacial score (nSPS) is 12.0. The standard InChI is InChI=1S/C57H37N5/c1-35-27-29-52-43(31-35)41-19-7-9-21-46(41)59(52)54-33-55(60-47-22-10-8-20-42(47)44-32-36(2)28-30-53(44)60)57(62-50-25-13-5-17-39(50)40-18-6-14-26-51(40)62)45(34-58)56(54)61-48-23-11-3-15-37(48)38-16-4-12-24-49(38)61/h3-33H,1-2H3. The van der Waals surface area contributed by atoms with E-state index in [1.807, 2.05) is 0 Å². The number of rotatable bonds is 4. The second-order valence-corrected chi connectivity index (χ2v) is 16.6. The third kappa shape index (κ3) is 4.61. The SMILES string of the molecule is Cc1ccc2c(c1)c1ccccc1n2-c1cc(-n2c3ccccc3c3cc(C)ccc32)c(-n2c3ccccc3c3ccccc32)c(C#N)c1-n1c2ccccc2c2ccccc21. The minimum absolute atomic E-state index is 0.576. The molecule has 0 unspecified atom stereocenters. The van der Waals surface area contributed by atoms with Crippen LogP contribution in [0.25, 0.3) is 110 Å². The van der Waals surface area contributed by atoms with Gasteiger partial charge in [0.15, 0.2) is 0 Å². The van der Waals surface area contributed by atoms with E-state index in [4.69, 9.17) is 0 Å². The van der Waals surface area contributed by atoms with Gasteiger partial charge < -0.3 is 18.3 Å². The maximum absolute atomic E-state index is 12.3. The van der Waals surface area contributed by atoms with Crippen LogP contribution in [0.1, 0.15) is 16.7 Å². The van der Waals surface area contributed by atoms with Gasteiger partial charge in [-0.2, -0.15) is 5.26 Å². The van der Waals surface area contributed by atoms with E-state index < -0.39 is 0 Å². The molecule has 0 fully saturated rings. The molecule has 5 heteroatoms. The highest BCUT2D eigenvalue weighted by Crippen LogP contribution is 2.46. The Morgan fingerprint density at radius 2 is 0.581 bits per heavy atom. The number of hydrogen-bond donors (Lipinski definition) is 0. The first kappa shape index (κ1) is 34.5. The molecule has 4 aromatic heterocycles. The Kier molecular flexibility index (Phi) is 7.15. The summed E-state index contributed by atoms with van der Waals surface area (Å²) >= 11 is 0. The maximum Gasteiger partial charge on any atom is 0.104 e. The summed E-state index contributed by atoms with van der Waals surface area (Å²) in [7, 11) is 0. The van der Waals surface area contributed by atoms with Gasteiger partial charge in [0.25, 0.3) is 0 Å². The summed E-state index contributed by atoms with van der Waals surface area (Å²) in [5, 5.41) is 21.5. The first-order chi connectivity index (χ1) is 30.6. The van der Waals surface area contributed by atoms with Gasteiger partial charge in [-0.05, 0) is 80.6 Å². The van der Waals surface area contributed by atoms with Gasteiger partial charge in [0.2, 0.25) is 0 Å². The van der Waals surface area contributed by atoms with Crippen molar-refractivity contribution in [2.45, 2.75) is 13.8 Å². The van der Waals surface area contributed by atoms with E-state index >= 15 is 0 Å². The Hall–Kier alpha value is -8.33. The number of aromatic nitrogens is 4. The van der Waals surface area contributed by atoms with Crippen LogP contribution in [-0.4, -0.2) is 18.3 Å². The summed E-state index contributed by atoms with van der Waals surface area (Å²) in [4.78, 5) is 0. The molecule has 13 rings (SSSR count). The van der Waals surface area contributed by atoms with Crippen LogP contribution < -0.4 is 0 Å². The first-order valence-electron chi connectivity index (χ1n) is 21.2. The fraction of sp³-hybridized carbons (Fsp3) is 0.0351. The molecule has 4 heterocycles. The number of nitriles is 1. The fourth-order valence-corrected chi connectivity index (χ4v) is 10.6. The van der Waals surface area contributed by atoms with Crippen LogP contribution in [0, 0.1) is 25.2 Å². The van der Waals surface area contributed by atoms with Crippen molar-refractivity contribution in [3.05, 3.63) is 205 Å². The highest BCUT2D eigenvalue weighted by molar-refractivity contribution is 6.15. The molecule has 0 spiro atoms. The number of hydrogen-bond acceptors (Lipinski definition) is 1. The fourth-order valence-electron chi connectivity index (χ4n) is 10.6. The van der Waals surface area contributed by atoms with Crippen LogP contribution in [0.4, 0.5) is 0 Å². The van der Waals surface area contributed by atoms with Crippen LogP contribution in [-0.2, 0) is 0 Å². The summed E-state index contributed by atoms with van der Waals surface area (Å²) in [6.45, 7) is 4.32. The zero-order chi connectivity index (χ0) is 41.2. The van der Waals surface area contributed by atoms with E-state index in [0.29, 0.717) is 5.56 Å². The molecule has 0 amide bonds. The van der Waals surface area contributed by atoms with E-state index in [1.54, 1.807) is 0 Å². The third-order valence-corrected chi connectivity index (χ3v) is 13.1. The minimum atomic E-state index is 0.576. The molecular weight excluding hydrogens is 755 g/mol. The summed E-state index contributed by atoms with van der Waals surface area (Å²) in [6, 6.07) is 70.6. The number of nitrogens with zero attached hydrogens (tertiary/aromatic N) is 5. The van der Waals surface area contributed by atoms with Crippen molar-refractivity contribution < 1.29 is 0 Å². The molecule has 290 valence electrons. The summed E-state index contributed by atoms with van der Waals surface area (Å²) < 4.78 is 9.51. The predicted molar refractivity (Wildman–Crippen MR) is 258 cm³/mol. The van der Waals surface area contributed by atoms with E-state index in [0.717, 1.165) is 88.4 Å². The summed E-state index contributed by atoms with van der Waals surface area (Å²) in [5.74, 6) is 0. The molecule has 0 N–H and O–H groups in total. The van der Waals surface area contributed by atoms with E-state index in [-0.39, 0.29) is 0 Å². The highest BCUT2D eigenvalue weighted by Gasteiger charge is 2.30. The monoisotopic (exact) mass is 791 g/mol. The van der Waals surface area contributed by atoms with Gasteiger partial charge in [-0.1, -0.05) is 132 Å². The second kappa shape index (κ2) is 12.8. The smallest absolute Gasteiger partial charge is 0.104 e. The summed E-state index contributed by atoms with van der Waals surface area (Å²) in [5.41, 5.74) is 14.9. The Bertz CT molecular complexity index is 3720. The van der Waals surface area contributed by atoms with Crippen molar-refractivity contribution >= 4 is 87.2 Å². The van der Waals surface area contributed by atoms with Gasteiger partial charge in [-0.15, -0.1) is 0 Å². The van der Waals surface area contributed by atoms with E-state index in [9.17, 15) is 5.26 Å². The van der Waals surface area contributed by atoms with E-state index in [1.165, 1.54) is 32.7 Å². The molecular formula is C57H37N5. The Balaban J connectivity index is 1.34. The van der Waals surface area contributed by atoms with Crippen molar-refractivity contribution in [1.82, 2.24) is 18.3 Å². The molecule has 62 heavy (non-hydrogen) atoms. The van der Waals surface area contributed by atoms with Gasteiger partial charge in [0, 0.05) is 43.1 Å². The molecule has 9 aromatic carbocycles. The molecule has 0 atom stereocenters. The molecule has 0 aliphatic rings. The molecule has 5 nitrogen and oxygen atoms in total. The third-order valence-electron chi connectivity index (χ3n) is 13.1. The molecule has 0 aliphatic heterocycles. The average Bonchev–Trinajstić information content (AvgIpc) is 4.03. The minimum Gasteiger partial charge on any atom is -0.307 e. The van der Waals surface area contributed by atoms with Crippen molar-refractivity contribution in [2.24, 2.45) is 0 Å². The van der Waals surface area contributed by atoms with Crippen LogP contribution in [0.15, 0.2) is 188 Å². The average molecular weight is 792 g/mol. The lowest BCUT2D eigenvalue weighted by Crippen LogP contribution is -2.13. The van der Waals surface area contributed by atoms with Gasteiger partial charge in [0.05, 0.1) is 66.9 Å². The molecule has 13 aromatic rings. The lowest BCUT2D eigenvalue weighted by Gasteiger charge is -2.25. The predicted octanol–water partition coefficient (Wildman–Crippen LogP) is 14.6.